The average Bonchev–Trinajstić information content (AvgIpc) is 2.94. The summed E-state index contributed by atoms with van der Waals surface area (Å²) in [4.78, 5) is 12.5. The van der Waals surface area contributed by atoms with E-state index in [1.807, 2.05) is 27.7 Å². The molecular formula is C25H32BNO5. The fourth-order valence-corrected chi connectivity index (χ4v) is 4.36. The highest BCUT2D eigenvalue weighted by Gasteiger charge is 2.52. The molecule has 0 spiro atoms. The lowest BCUT2D eigenvalue weighted by Crippen LogP contribution is -2.41. The van der Waals surface area contributed by atoms with Gasteiger partial charge >= 0.3 is 13.1 Å². The van der Waals surface area contributed by atoms with Crippen LogP contribution in [-0.2, 0) is 25.3 Å². The van der Waals surface area contributed by atoms with Crippen molar-refractivity contribution >= 4 is 24.2 Å². The molecule has 170 valence electrons. The van der Waals surface area contributed by atoms with Crippen LogP contribution in [0.2, 0.25) is 0 Å². The van der Waals surface area contributed by atoms with Crippen LogP contribution in [0.1, 0.15) is 56.7 Å². The molecule has 7 heteroatoms. The summed E-state index contributed by atoms with van der Waals surface area (Å²) in [6, 6.07) is 11.4. The molecule has 2 atom stereocenters. The predicted octanol–water partition coefficient (Wildman–Crippen LogP) is 3.47. The van der Waals surface area contributed by atoms with Crippen LogP contribution in [0, 0.1) is 12.8 Å². The van der Waals surface area contributed by atoms with E-state index in [0.29, 0.717) is 25.1 Å². The Morgan fingerprint density at radius 2 is 1.78 bits per heavy atom. The number of ether oxygens (including phenoxy) is 1. The first-order valence-corrected chi connectivity index (χ1v) is 11.2. The molecule has 0 amide bonds. The third-order valence-electron chi connectivity index (χ3n) is 7.19. The van der Waals surface area contributed by atoms with Crippen LogP contribution >= 0.6 is 0 Å². The molecule has 2 fully saturated rings. The van der Waals surface area contributed by atoms with Crippen molar-refractivity contribution in [2.24, 2.45) is 5.92 Å². The van der Waals surface area contributed by atoms with E-state index < -0.39 is 18.3 Å². The van der Waals surface area contributed by atoms with Crippen molar-refractivity contribution in [3.63, 3.8) is 0 Å². The largest absolute Gasteiger partial charge is 0.506 e. The van der Waals surface area contributed by atoms with Crippen molar-refractivity contribution in [1.82, 2.24) is 0 Å². The number of anilines is 1. The number of phenols is 1. The number of nitrogens with two attached hydrogens (primary N) is 1. The number of hydrogen-bond acceptors (Lipinski definition) is 6. The maximum atomic E-state index is 12.5. The van der Waals surface area contributed by atoms with Crippen molar-refractivity contribution in [2.75, 3.05) is 12.3 Å². The summed E-state index contributed by atoms with van der Waals surface area (Å²) in [6.45, 7) is 10.6. The SMILES string of the molecule is Cc1ccc([C@H]2COC(=O)C(Cc3ccc(O)c(N)c3)C2)cc1B1OC(C)(C)C(C)(C)O1. The summed E-state index contributed by atoms with van der Waals surface area (Å²) in [5, 5.41) is 9.66. The molecular weight excluding hydrogens is 405 g/mol. The first-order valence-electron chi connectivity index (χ1n) is 11.2. The summed E-state index contributed by atoms with van der Waals surface area (Å²) in [6.07, 6.45) is 1.21. The van der Waals surface area contributed by atoms with Gasteiger partial charge in [0.15, 0.2) is 0 Å². The van der Waals surface area contributed by atoms with Gasteiger partial charge in [-0.15, -0.1) is 0 Å². The monoisotopic (exact) mass is 437 g/mol. The van der Waals surface area contributed by atoms with Gasteiger partial charge in [-0.05, 0) is 76.2 Å². The number of cyclic esters (lactones) is 1. The minimum absolute atomic E-state index is 0.0488. The Kier molecular flexibility index (Phi) is 5.76. The number of nitrogen functional groups attached to an aromatic ring is 1. The van der Waals surface area contributed by atoms with Crippen molar-refractivity contribution < 1.29 is 23.9 Å². The van der Waals surface area contributed by atoms with Gasteiger partial charge in [0.05, 0.1) is 29.4 Å². The molecule has 1 unspecified atom stereocenters. The highest BCUT2D eigenvalue weighted by atomic mass is 16.7. The molecule has 32 heavy (non-hydrogen) atoms. The van der Waals surface area contributed by atoms with Gasteiger partial charge in [-0.2, -0.15) is 0 Å². The number of carbonyl (C=O) groups excluding carboxylic acids is 1. The Morgan fingerprint density at radius 1 is 1.09 bits per heavy atom. The van der Waals surface area contributed by atoms with E-state index in [9.17, 15) is 9.90 Å². The molecule has 2 aliphatic heterocycles. The van der Waals surface area contributed by atoms with Gasteiger partial charge in [-0.25, -0.2) is 0 Å². The lowest BCUT2D eigenvalue weighted by molar-refractivity contribution is -0.154. The van der Waals surface area contributed by atoms with E-state index in [1.54, 1.807) is 18.2 Å². The summed E-state index contributed by atoms with van der Waals surface area (Å²) in [5.74, 6) is -0.313. The predicted molar refractivity (Wildman–Crippen MR) is 125 cm³/mol. The molecule has 4 rings (SSSR count). The van der Waals surface area contributed by atoms with E-state index in [2.05, 4.69) is 25.1 Å². The second-order valence-corrected chi connectivity index (χ2v) is 10.1. The Morgan fingerprint density at radius 3 is 2.44 bits per heavy atom. The van der Waals surface area contributed by atoms with Crippen LogP contribution in [0.25, 0.3) is 0 Å². The number of hydrogen-bond donors (Lipinski definition) is 2. The number of phenolic OH excluding ortho intramolecular Hbond substituents is 1. The molecule has 3 N–H and O–H groups in total. The quantitative estimate of drug-likeness (QED) is 0.330. The van der Waals surface area contributed by atoms with E-state index in [1.165, 1.54) is 0 Å². The number of esters is 1. The summed E-state index contributed by atoms with van der Waals surface area (Å²) < 4.78 is 18.1. The zero-order valence-corrected chi connectivity index (χ0v) is 19.5. The Bertz CT molecular complexity index is 1020. The molecule has 2 aromatic carbocycles. The van der Waals surface area contributed by atoms with Gasteiger partial charge < -0.3 is 24.9 Å². The van der Waals surface area contributed by atoms with Gasteiger partial charge in [0, 0.05) is 5.92 Å². The second-order valence-electron chi connectivity index (χ2n) is 10.1. The zero-order chi connectivity index (χ0) is 23.3. The molecule has 0 radical (unpaired) electrons. The van der Waals surface area contributed by atoms with Crippen molar-refractivity contribution in [3.8, 4) is 5.75 Å². The minimum atomic E-state index is -0.429. The molecule has 0 saturated carbocycles. The van der Waals surface area contributed by atoms with Crippen molar-refractivity contribution in [3.05, 3.63) is 53.1 Å². The van der Waals surface area contributed by atoms with Crippen LogP contribution in [0.3, 0.4) is 0 Å². The first kappa shape index (κ1) is 22.7. The van der Waals surface area contributed by atoms with E-state index in [-0.39, 0.29) is 23.6 Å². The number of aromatic hydroxyl groups is 1. The lowest BCUT2D eigenvalue weighted by Gasteiger charge is -2.32. The van der Waals surface area contributed by atoms with Gasteiger partial charge in [-0.1, -0.05) is 29.8 Å². The van der Waals surface area contributed by atoms with Gasteiger partial charge in [0.2, 0.25) is 0 Å². The second kappa shape index (κ2) is 8.12. The highest BCUT2D eigenvalue weighted by molar-refractivity contribution is 6.62. The van der Waals surface area contributed by atoms with Gasteiger partial charge in [-0.3, -0.25) is 4.79 Å². The topological polar surface area (TPSA) is 91.0 Å². The highest BCUT2D eigenvalue weighted by Crippen LogP contribution is 2.37. The summed E-state index contributed by atoms with van der Waals surface area (Å²) >= 11 is 0. The number of carbonyl (C=O) groups is 1. The maximum Gasteiger partial charge on any atom is 0.495 e. The average molecular weight is 437 g/mol. The lowest BCUT2D eigenvalue weighted by atomic mass is 9.73. The Hall–Kier alpha value is -2.51. The number of aryl methyl sites for hydroxylation is 1. The van der Waals surface area contributed by atoms with Crippen LogP contribution in [-0.4, -0.2) is 36.0 Å². The van der Waals surface area contributed by atoms with Crippen LogP contribution < -0.4 is 11.2 Å². The van der Waals surface area contributed by atoms with Crippen molar-refractivity contribution in [2.45, 2.75) is 64.6 Å². The first-order chi connectivity index (χ1) is 15.0. The van der Waals surface area contributed by atoms with E-state index in [4.69, 9.17) is 19.8 Å². The van der Waals surface area contributed by atoms with Crippen LogP contribution in [0.4, 0.5) is 5.69 Å². The molecule has 2 heterocycles. The van der Waals surface area contributed by atoms with Crippen molar-refractivity contribution in [1.29, 1.82) is 0 Å². The third-order valence-corrected chi connectivity index (χ3v) is 7.19. The molecule has 0 bridgehead atoms. The molecule has 0 aromatic heterocycles. The molecule has 2 saturated heterocycles. The van der Waals surface area contributed by atoms with Gasteiger partial charge in [0.25, 0.3) is 0 Å². The number of rotatable bonds is 4. The Balaban J connectivity index is 1.54. The molecule has 6 nitrogen and oxygen atoms in total. The zero-order valence-electron chi connectivity index (χ0n) is 19.5. The van der Waals surface area contributed by atoms with E-state index >= 15 is 0 Å². The van der Waals surface area contributed by atoms with Crippen LogP contribution in [0.15, 0.2) is 36.4 Å². The molecule has 2 aromatic rings. The minimum Gasteiger partial charge on any atom is -0.506 e. The fraction of sp³-hybridized carbons (Fsp3) is 0.480. The third kappa shape index (κ3) is 4.24. The molecule has 2 aliphatic rings. The Labute approximate surface area is 190 Å². The standard InChI is InChI=1S/C25H32BNO5/c1-15-6-8-17(13-20(15)26-31-24(2,3)25(4,5)32-26)19-12-18(23(29)30-14-19)10-16-7-9-22(28)21(27)11-16/h6-9,11,13,18-19,28H,10,12,14,27H2,1-5H3/t18?,19-/m1/s1. The van der Waals surface area contributed by atoms with Gasteiger partial charge in [0.1, 0.15) is 5.75 Å². The summed E-state index contributed by atoms with van der Waals surface area (Å²) in [5.41, 5.74) is 9.46. The molecule has 0 aliphatic carbocycles. The number of benzene rings is 2. The van der Waals surface area contributed by atoms with Crippen LogP contribution in [0.5, 0.6) is 5.75 Å². The normalized spacial score (nSPS) is 24.4. The van der Waals surface area contributed by atoms with E-state index in [0.717, 1.165) is 22.2 Å². The smallest absolute Gasteiger partial charge is 0.495 e. The fourth-order valence-electron chi connectivity index (χ4n) is 4.36. The maximum absolute atomic E-state index is 12.5. The summed E-state index contributed by atoms with van der Waals surface area (Å²) in [7, 11) is -0.429.